The normalized spacial score (nSPS) is 18.3. The second-order valence-corrected chi connectivity index (χ2v) is 9.20. The minimum Gasteiger partial charge on any atom is -0.347 e. The molecule has 1 aliphatic heterocycles. The van der Waals surface area contributed by atoms with Gasteiger partial charge in [0.05, 0.1) is 11.5 Å². The molecule has 8 heteroatoms. The molecule has 6 nitrogen and oxygen atoms in total. The number of benzene rings is 2. The standard InChI is InChI=1S/C21H21FN2O4S/c1-14-6-8-15(9-7-14)20(25)24-19(12-16-4-2-3-5-18(16)22)21(26)23-17-10-11-29(27,28)13-17/h2-9,12,17H,10-11,13H2,1H3,(H,23,26)(H,24,25)/b19-12+/t17-/m1/s1. The van der Waals surface area contributed by atoms with Crippen LogP contribution in [0.5, 0.6) is 0 Å². The van der Waals surface area contributed by atoms with Crippen molar-refractivity contribution in [1.82, 2.24) is 10.6 Å². The van der Waals surface area contributed by atoms with Gasteiger partial charge in [-0.2, -0.15) is 0 Å². The molecule has 152 valence electrons. The highest BCUT2D eigenvalue weighted by atomic mass is 32.2. The molecule has 2 N–H and O–H groups in total. The molecule has 0 aromatic heterocycles. The third-order valence-electron chi connectivity index (χ3n) is 4.58. The molecule has 0 spiro atoms. The monoisotopic (exact) mass is 416 g/mol. The lowest BCUT2D eigenvalue weighted by molar-refractivity contribution is -0.118. The summed E-state index contributed by atoms with van der Waals surface area (Å²) in [6.07, 6.45) is 1.53. The van der Waals surface area contributed by atoms with Crippen molar-refractivity contribution in [3.63, 3.8) is 0 Å². The van der Waals surface area contributed by atoms with E-state index in [0.717, 1.165) is 5.56 Å². The fourth-order valence-electron chi connectivity index (χ4n) is 2.98. The summed E-state index contributed by atoms with van der Waals surface area (Å²) in [4.78, 5) is 25.3. The van der Waals surface area contributed by atoms with E-state index in [9.17, 15) is 22.4 Å². The van der Waals surface area contributed by atoms with Gasteiger partial charge in [0.2, 0.25) is 0 Å². The predicted octanol–water partition coefficient (Wildman–Crippen LogP) is 2.21. The molecule has 1 atom stereocenters. The van der Waals surface area contributed by atoms with Crippen LogP contribution in [0.2, 0.25) is 0 Å². The van der Waals surface area contributed by atoms with Crippen LogP contribution < -0.4 is 10.6 Å². The van der Waals surface area contributed by atoms with E-state index >= 15 is 0 Å². The second kappa shape index (κ2) is 8.57. The summed E-state index contributed by atoms with van der Waals surface area (Å²) >= 11 is 0. The molecule has 0 unspecified atom stereocenters. The van der Waals surface area contributed by atoms with Gasteiger partial charge in [-0.3, -0.25) is 9.59 Å². The van der Waals surface area contributed by atoms with Crippen LogP contribution in [0.15, 0.2) is 54.2 Å². The van der Waals surface area contributed by atoms with Gasteiger partial charge < -0.3 is 10.6 Å². The van der Waals surface area contributed by atoms with E-state index in [4.69, 9.17) is 0 Å². The highest BCUT2D eigenvalue weighted by Gasteiger charge is 2.30. The average molecular weight is 416 g/mol. The minimum atomic E-state index is -3.18. The van der Waals surface area contributed by atoms with Crippen LogP contribution in [0.1, 0.15) is 27.9 Å². The molecule has 0 aliphatic carbocycles. The van der Waals surface area contributed by atoms with Crippen LogP contribution >= 0.6 is 0 Å². The Kier molecular flexibility index (Phi) is 6.12. The first-order chi connectivity index (χ1) is 13.7. The van der Waals surface area contributed by atoms with Gasteiger partial charge in [-0.25, -0.2) is 12.8 Å². The zero-order chi connectivity index (χ0) is 21.0. The van der Waals surface area contributed by atoms with Crippen LogP contribution in [-0.2, 0) is 14.6 Å². The lowest BCUT2D eigenvalue weighted by Crippen LogP contribution is -2.41. The number of aryl methyl sites for hydroxylation is 1. The lowest BCUT2D eigenvalue weighted by Gasteiger charge is -2.15. The first kappa shape index (κ1) is 20.7. The molecule has 2 amide bonds. The Morgan fingerprint density at radius 2 is 1.79 bits per heavy atom. The highest BCUT2D eigenvalue weighted by molar-refractivity contribution is 7.91. The fourth-order valence-corrected chi connectivity index (χ4v) is 4.65. The van der Waals surface area contributed by atoms with Crippen LogP contribution in [0.25, 0.3) is 6.08 Å². The molecule has 1 fully saturated rings. The van der Waals surface area contributed by atoms with E-state index in [1.54, 1.807) is 30.3 Å². The third-order valence-corrected chi connectivity index (χ3v) is 6.35. The van der Waals surface area contributed by atoms with E-state index in [2.05, 4.69) is 10.6 Å². The largest absolute Gasteiger partial charge is 0.347 e. The van der Waals surface area contributed by atoms with Gasteiger partial charge in [0, 0.05) is 17.2 Å². The predicted molar refractivity (Wildman–Crippen MR) is 108 cm³/mol. The molecule has 0 radical (unpaired) electrons. The summed E-state index contributed by atoms with van der Waals surface area (Å²) < 4.78 is 37.3. The van der Waals surface area contributed by atoms with Gasteiger partial charge in [0.15, 0.2) is 9.84 Å². The second-order valence-electron chi connectivity index (χ2n) is 6.97. The van der Waals surface area contributed by atoms with Gasteiger partial charge in [0.1, 0.15) is 11.5 Å². The number of amides is 2. The SMILES string of the molecule is Cc1ccc(C(=O)N/C(=C/c2ccccc2F)C(=O)N[C@@H]2CCS(=O)(=O)C2)cc1. The molecular formula is C21H21FN2O4S. The van der Waals surface area contributed by atoms with Crippen molar-refractivity contribution >= 4 is 27.7 Å². The van der Waals surface area contributed by atoms with E-state index in [1.807, 2.05) is 6.92 Å². The van der Waals surface area contributed by atoms with Gasteiger partial charge in [-0.05, 0) is 37.6 Å². The van der Waals surface area contributed by atoms with Gasteiger partial charge in [-0.15, -0.1) is 0 Å². The van der Waals surface area contributed by atoms with E-state index in [0.29, 0.717) is 12.0 Å². The quantitative estimate of drug-likeness (QED) is 0.731. The van der Waals surface area contributed by atoms with Crippen molar-refractivity contribution in [3.8, 4) is 0 Å². The maximum atomic E-state index is 14.1. The van der Waals surface area contributed by atoms with Crippen molar-refractivity contribution in [1.29, 1.82) is 0 Å². The summed E-state index contributed by atoms with van der Waals surface area (Å²) in [5, 5.41) is 5.13. The molecular weight excluding hydrogens is 395 g/mol. The van der Waals surface area contributed by atoms with E-state index < -0.39 is 33.5 Å². The van der Waals surface area contributed by atoms with E-state index in [-0.39, 0.29) is 22.8 Å². The van der Waals surface area contributed by atoms with Crippen LogP contribution in [-0.4, -0.2) is 37.8 Å². The lowest BCUT2D eigenvalue weighted by atomic mass is 10.1. The average Bonchev–Trinajstić information content (AvgIpc) is 3.01. The Morgan fingerprint density at radius 3 is 2.41 bits per heavy atom. The maximum absolute atomic E-state index is 14.1. The number of nitrogens with one attached hydrogen (secondary N) is 2. The van der Waals surface area contributed by atoms with Crippen molar-refractivity contribution in [3.05, 3.63) is 76.7 Å². The maximum Gasteiger partial charge on any atom is 0.268 e. The number of halogens is 1. The van der Waals surface area contributed by atoms with Crippen molar-refractivity contribution in [2.24, 2.45) is 0 Å². The van der Waals surface area contributed by atoms with Crippen molar-refractivity contribution in [2.45, 2.75) is 19.4 Å². The molecule has 0 bridgehead atoms. The number of hydrogen-bond donors (Lipinski definition) is 2. The zero-order valence-corrected chi connectivity index (χ0v) is 16.6. The molecule has 1 saturated heterocycles. The van der Waals surface area contributed by atoms with Crippen LogP contribution in [0.3, 0.4) is 0 Å². The number of sulfone groups is 1. The summed E-state index contributed by atoms with van der Waals surface area (Å²) in [6, 6.07) is 12.0. The smallest absolute Gasteiger partial charge is 0.268 e. The molecule has 2 aromatic rings. The third kappa shape index (κ3) is 5.51. The van der Waals surface area contributed by atoms with Crippen LogP contribution in [0, 0.1) is 12.7 Å². The number of carbonyl (C=O) groups is 2. The van der Waals surface area contributed by atoms with E-state index in [1.165, 1.54) is 24.3 Å². The number of hydrogen-bond acceptors (Lipinski definition) is 4. The van der Waals surface area contributed by atoms with Gasteiger partial charge in [0.25, 0.3) is 11.8 Å². The first-order valence-electron chi connectivity index (χ1n) is 9.09. The van der Waals surface area contributed by atoms with Gasteiger partial charge in [-0.1, -0.05) is 35.9 Å². The number of rotatable bonds is 5. The molecule has 1 heterocycles. The topological polar surface area (TPSA) is 92.3 Å². The van der Waals surface area contributed by atoms with Crippen molar-refractivity contribution in [2.75, 3.05) is 11.5 Å². The summed E-state index contributed by atoms with van der Waals surface area (Å²) in [5.41, 5.74) is 1.28. The summed E-state index contributed by atoms with van der Waals surface area (Å²) in [5.74, 6) is -1.90. The Hall–Kier alpha value is -3.00. The van der Waals surface area contributed by atoms with Crippen LogP contribution in [0.4, 0.5) is 4.39 Å². The molecule has 2 aromatic carbocycles. The Balaban J connectivity index is 1.85. The Morgan fingerprint density at radius 1 is 1.10 bits per heavy atom. The molecule has 1 aliphatic rings. The van der Waals surface area contributed by atoms with Gasteiger partial charge >= 0.3 is 0 Å². The highest BCUT2D eigenvalue weighted by Crippen LogP contribution is 2.14. The first-order valence-corrected chi connectivity index (χ1v) is 10.9. The molecule has 0 saturated carbocycles. The van der Waals surface area contributed by atoms with Crippen molar-refractivity contribution < 1.29 is 22.4 Å². The summed E-state index contributed by atoms with van der Waals surface area (Å²) in [7, 11) is -3.18. The number of carbonyl (C=O) groups excluding carboxylic acids is 2. The Labute approximate surface area is 168 Å². The zero-order valence-electron chi connectivity index (χ0n) is 15.8. The Bertz CT molecular complexity index is 1060. The fraction of sp³-hybridized carbons (Fsp3) is 0.238. The minimum absolute atomic E-state index is 0.0000330. The molecule has 29 heavy (non-hydrogen) atoms. The summed E-state index contributed by atoms with van der Waals surface area (Å²) in [6.45, 7) is 1.88. The molecule has 3 rings (SSSR count).